The van der Waals surface area contributed by atoms with Gasteiger partial charge in [-0.2, -0.15) is 13.2 Å². The molecule has 0 saturated carbocycles. The number of nitrogens with one attached hydrogen (secondary N) is 2. The van der Waals surface area contributed by atoms with E-state index in [1.807, 2.05) is 35.6 Å². The van der Waals surface area contributed by atoms with E-state index in [1.165, 1.54) is 18.2 Å². The van der Waals surface area contributed by atoms with Crippen molar-refractivity contribution in [2.45, 2.75) is 18.2 Å². The molecule has 0 bridgehead atoms. The first kappa shape index (κ1) is 20.4. The summed E-state index contributed by atoms with van der Waals surface area (Å²) in [6.45, 7) is -1.02. The lowest BCUT2D eigenvalue weighted by molar-refractivity contribution is -0.264. The molecule has 2 aromatic rings. The second-order valence-corrected chi connectivity index (χ2v) is 5.90. The number of hydrogen-bond donors (Lipinski definition) is 3. The number of amides is 2. The predicted molar refractivity (Wildman–Crippen MR) is 92.6 cm³/mol. The third-order valence-corrected chi connectivity index (χ3v) is 3.97. The molecule has 2 amide bonds. The van der Waals surface area contributed by atoms with Gasteiger partial charge >= 0.3 is 18.0 Å². The van der Waals surface area contributed by atoms with E-state index in [9.17, 15) is 27.9 Å². The summed E-state index contributed by atoms with van der Waals surface area (Å²) in [7, 11) is 0. The van der Waals surface area contributed by atoms with Gasteiger partial charge in [0.05, 0.1) is 6.54 Å². The van der Waals surface area contributed by atoms with Crippen molar-refractivity contribution in [1.82, 2.24) is 10.6 Å². The van der Waals surface area contributed by atoms with E-state index >= 15 is 0 Å². The molecule has 0 fully saturated rings. The Labute approximate surface area is 154 Å². The Bertz CT molecular complexity index is 767. The fraction of sp³-hybridized carbons (Fsp3) is 0.263. The molecule has 2 rings (SSSR count). The van der Waals surface area contributed by atoms with E-state index in [4.69, 9.17) is 0 Å². The van der Waals surface area contributed by atoms with Gasteiger partial charge in [-0.3, -0.25) is 9.59 Å². The summed E-state index contributed by atoms with van der Waals surface area (Å²) in [5, 5.41) is 14.3. The maximum atomic E-state index is 13.3. The quantitative estimate of drug-likeness (QED) is 0.670. The Morgan fingerprint density at radius 2 is 1.37 bits per heavy atom. The highest BCUT2D eigenvalue weighted by atomic mass is 19.4. The lowest BCUT2D eigenvalue weighted by Gasteiger charge is -2.31. The minimum absolute atomic E-state index is 0.151. The fourth-order valence-electron chi connectivity index (χ4n) is 2.41. The summed E-state index contributed by atoms with van der Waals surface area (Å²) >= 11 is 0. The van der Waals surface area contributed by atoms with Crippen LogP contribution in [0.25, 0.3) is 0 Å². The molecule has 0 aliphatic heterocycles. The van der Waals surface area contributed by atoms with Crippen LogP contribution in [0.2, 0.25) is 0 Å². The number of carbonyl (C=O) groups excluding carboxylic acids is 2. The van der Waals surface area contributed by atoms with Crippen molar-refractivity contribution in [3.8, 4) is 0 Å². The topological polar surface area (TPSA) is 78.4 Å². The largest absolute Gasteiger partial charge is 0.423 e. The molecule has 0 aliphatic carbocycles. The molecular weight excluding hydrogens is 361 g/mol. The van der Waals surface area contributed by atoms with E-state index in [0.29, 0.717) is 6.42 Å². The van der Waals surface area contributed by atoms with Crippen molar-refractivity contribution >= 4 is 11.8 Å². The minimum Gasteiger partial charge on any atom is -0.375 e. The van der Waals surface area contributed by atoms with Gasteiger partial charge in [-0.1, -0.05) is 60.7 Å². The van der Waals surface area contributed by atoms with Crippen molar-refractivity contribution < 1.29 is 27.9 Å². The summed E-state index contributed by atoms with van der Waals surface area (Å²) < 4.78 is 40.0. The summed E-state index contributed by atoms with van der Waals surface area (Å²) in [5.41, 5.74) is -2.79. The van der Waals surface area contributed by atoms with Gasteiger partial charge < -0.3 is 15.7 Å². The zero-order valence-corrected chi connectivity index (χ0v) is 14.3. The van der Waals surface area contributed by atoms with Crippen LogP contribution in [0.3, 0.4) is 0 Å². The normalized spacial score (nSPS) is 13.5. The summed E-state index contributed by atoms with van der Waals surface area (Å²) in [6.07, 6.45) is -4.57. The van der Waals surface area contributed by atoms with Gasteiger partial charge in [0.15, 0.2) is 0 Å². The number of rotatable bonds is 6. The van der Waals surface area contributed by atoms with E-state index in [2.05, 4.69) is 5.32 Å². The number of hydrogen-bond acceptors (Lipinski definition) is 3. The van der Waals surface area contributed by atoms with Gasteiger partial charge in [0.2, 0.25) is 5.60 Å². The van der Waals surface area contributed by atoms with Crippen LogP contribution >= 0.6 is 0 Å². The smallest absolute Gasteiger partial charge is 0.375 e. The molecule has 8 heteroatoms. The number of carbonyl (C=O) groups is 2. The SMILES string of the molecule is O=C(NCCc1ccccc1)C(=O)NCC(O)(c1ccccc1)C(F)(F)F. The van der Waals surface area contributed by atoms with Crippen molar-refractivity contribution in [3.05, 3.63) is 71.8 Å². The summed E-state index contributed by atoms with van der Waals surface area (Å²) in [6, 6.07) is 15.5. The molecule has 144 valence electrons. The van der Waals surface area contributed by atoms with Crippen LogP contribution < -0.4 is 10.6 Å². The number of halogens is 3. The van der Waals surface area contributed by atoms with Gasteiger partial charge in [-0.05, 0) is 17.5 Å². The third kappa shape index (κ3) is 5.30. The molecule has 0 heterocycles. The van der Waals surface area contributed by atoms with E-state index < -0.39 is 35.7 Å². The second-order valence-electron chi connectivity index (χ2n) is 5.90. The highest BCUT2D eigenvalue weighted by molar-refractivity contribution is 6.35. The monoisotopic (exact) mass is 380 g/mol. The van der Waals surface area contributed by atoms with Crippen molar-refractivity contribution in [1.29, 1.82) is 0 Å². The molecule has 2 aromatic carbocycles. The van der Waals surface area contributed by atoms with Gasteiger partial charge in [0, 0.05) is 6.54 Å². The molecular formula is C19H19F3N2O3. The average molecular weight is 380 g/mol. The van der Waals surface area contributed by atoms with Crippen molar-refractivity contribution in [2.75, 3.05) is 13.1 Å². The molecule has 1 atom stereocenters. The first-order chi connectivity index (χ1) is 12.7. The highest BCUT2D eigenvalue weighted by Gasteiger charge is 2.55. The maximum Gasteiger partial charge on any atom is 0.423 e. The van der Waals surface area contributed by atoms with Crippen LogP contribution in [0.15, 0.2) is 60.7 Å². The van der Waals surface area contributed by atoms with Crippen LogP contribution in [-0.4, -0.2) is 36.2 Å². The van der Waals surface area contributed by atoms with E-state index in [0.717, 1.165) is 17.7 Å². The molecule has 5 nitrogen and oxygen atoms in total. The van der Waals surface area contributed by atoms with E-state index in [-0.39, 0.29) is 6.54 Å². The van der Waals surface area contributed by atoms with E-state index in [1.54, 1.807) is 0 Å². The molecule has 0 radical (unpaired) electrons. The molecule has 3 N–H and O–H groups in total. The summed E-state index contributed by atoms with van der Waals surface area (Å²) in [4.78, 5) is 23.5. The Hall–Kier alpha value is -2.87. The van der Waals surface area contributed by atoms with Crippen LogP contribution in [0, 0.1) is 0 Å². The number of aliphatic hydroxyl groups is 1. The zero-order valence-electron chi connectivity index (χ0n) is 14.3. The molecule has 1 unspecified atom stereocenters. The standard InChI is InChI=1S/C19H19F3N2O3/c20-19(21,22)18(27,15-9-5-2-6-10-15)13-24-17(26)16(25)23-12-11-14-7-3-1-4-8-14/h1-10,27H,11-13H2,(H,23,25)(H,24,26). The molecule has 0 aromatic heterocycles. The van der Waals surface area contributed by atoms with Gasteiger partial charge in [-0.15, -0.1) is 0 Å². The third-order valence-electron chi connectivity index (χ3n) is 3.97. The Morgan fingerprint density at radius 1 is 0.852 bits per heavy atom. The fourth-order valence-corrected chi connectivity index (χ4v) is 2.41. The Kier molecular flexibility index (Phi) is 6.57. The second kappa shape index (κ2) is 8.68. The molecule has 0 spiro atoms. The number of alkyl halides is 3. The van der Waals surface area contributed by atoms with Gasteiger partial charge in [0.1, 0.15) is 0 Å². The predicted octanol–water partition coefficient (Wildman–Crippen LogP) is 1.91. The Balaban J connectivity index is 1.92. The minimum atomic E-state index is -5.04. The molecule has 27 heavy (non-hydrogen) atoms. The Morgan fingerprint density at radius 3 is 1.93 bits per heavy atom. The number of benzene rings is 2. The lowest BCUT2D eigenvalue weighted by atomic mass is 9.93. The van der Waals surface area contributed by atoms with Gasteiger partial charge in [-0.25, -0.2) is 0 Å². The molecule has 0 aliphatic rings. The van der Waals surface area contributed by atoms with Crippen LogP contribution in [0.1, 0.15) is 11.1 Å². The van der Waals surface area contributed by atoms with Crippen LogP contribution in [0.4, 0.5) is 13.2 Å². The molecule has 0 saturated heterocycles. The maximum absolute atomic E-state index is 13.3. The first-order valence-electron chi connectivity index (χ1n) is 8.18. The van der Waals surface area contributed by atoms with Crippen molar-refractivity contribution in [2.24, 2.45) is 0 Å². The lowest BCUT2D eigenvalue weighted by Crippen LogP contribution is -2.53. The van der Waals surface area contributed by atoms with Crippen LogP contribution in [-0.2, 0) is 21.6 Å². The average Bonchev–Trinajstić information content (AvgIpc) is 2.66. The van der Waals surface area contributed by atoms with Crippen LogP contribution in [0.5, 0.6) is 0 Å². The zero-order chi connectivity index (χ0) is 19.9. The van der Waals surface area contributed by atoms with Crippen molar-refractivity contribution in [3.63, 3.8) is 0 Å². The van der Waals surface area contributed by atoms with Gasteiger partial charge in [0.25, 0.3) is 0 Å². The highest BCUT2D eigenvalue weighted by Crippen LogP contribution is 2.38. The summed E-state index contributed by atoms with van der Waals surface area (Å²) in [5.74, 6) is -2.31. The first-order valence-corrected chi connectivity index (χ1v) is 8.18.